The zero-order valence-electron chi connectivity index (χ0n) is 32.9. The molecule has 0 rings (SSSR count). The van der Waals surface area contributed by atoms with Crippen LogP contribution < -0.4 is 5.32 Å². The molecule has 51 heavy (non-hydrogen) atoms. The number of alkyl carbamates (subject to hydrolysis) is 1. The highest BCUT2D eigenvalue weighted by atomic mass is 16.6. The molecule has 0 aromatic heterocycles. The maximum Gasteiger partial charge on any atom is 0.409 e. The summed E-state index contributed by atoms with van der Waals surface area (Å²) in [6.07, 6.45) is 43.0. The number of hydrogen-bond donors (Lipinski definition) is 2. The number of aliphatic hydroxyl groups is 1. The minimum atomic E-state index is -1.45. The number of ketones is 2. The van der Waals surface area contributed by atoms with E-state index in [2.05, 4.69) is 92.1 Å². The molecule has 2 N–H and O–H groups in total. The third-order valence-corrected chi connectivity index (χ3v) is 8.46. The second kappa shape index (κ2) is 36.8. The van der Waals surface area contributed by atoms with Crippen LogP contribution in [0.4, 0.5) is 4.79 Å². The van der Waals surface area contributed by atoms with Gasteiger partial charge in [-0.2, -0.15) is 0 Å². The first-order valence-electron chi connectivity index (χ1n) is 20.0. The van der Waals surface area contributed by atoms with E-state index in [1.165, 1.54) is 0 Å². The number of nitrogens with one attached hydrogen (secondary N) is 1. The van der Waals surface area contributed by atoms with Gasteiger partial charge in [0, 0.05) is 25.8 Å². The third kappa shape index (κ3) is 33.9. The van der Waals surface area contributed by atoms with Crippen molar-refractivity contribution < 1.29 is 24.2 Å². The predicted molar refractivity (Wildman–Crippen MR) is 216 cm³/mol. The van der Waals surface area contributed by atoms with E-state index in [4.69, 9.17) is 4.74 Å². The highest BCUT2D eigenvalue weighted by Gasteiger charge is 2.30. The molecule has 290 valence electrons. The van der Waals surface area contributed by atoms with Crippen LogP contribution in [0.1, 0.15) is 149 Å². The molecular formula is C44H74N2O5. The van der Waals surface area contributed by atoms with Crippen LogP contribution >= 0.6 is 0 Å². The smallest absolute Gasteiger partial charge is 0.409 e. The Morgan fingerprint density at radius 3 is 1.53 bits per heavy atom. The lowest BCUT2D eigenvalue weighted by atomic mass is 9.90. The van der Waals surface area contributed by atoms with E-state index >= 15 is 0 Å². The Bertz CT molecular complexity index is 1040. The molecule has 0 saturated carbocycles. The van der Waals surface area contributed by atoms with E-state index in [0.29, 0.717) is 19.4 Å². The SMILES string of the molecule is CC/C=C\C/C=C\C/C=C\CCCCCCCC(=O)CC(C(=O)CCCCCCC/C=C\C/C=C\C/C=C\CC)C(O)NC(=O)OCCN(C)C. The van der Waals surface area contributed by atoms with Crippen LogP contribution in [0.15, 0.2) is 72.9 Å². The molecule has 0 bridgehead atoms. The first kappa shape index (κ1) is 48.0. The molecule has 0 saturated heterocycles. The fourth-order valence-electron chi connectivity index (χ4n) is 5.38. The van der Waals surface area contributed by atoms with Crippen molar-refractivity contribution in [2.24, 2.45) is 5.92 Å². The lowest BCUT2D eigenvalue weighted by Crippen LogP contribution is -2.44. The Balaban J connectivity index is 4.50. The quantitative estimate of drug-likeness (QED) is 0.0392. The molecule has 0 spiro atoms. The second-order valence-corrected chi connectivity index (χ2v) is 13.5. The van der Waals surface area contributed by atoms with Crippen molar-refractivity contribution in [3.8, 4) is 0 Å². The van der Waals surface area contributed by atoms with Gasteiger partial charge in [-0.15, -0.1) is 0 Å². The van der Waals surface area contributed by atoms with Crippen LogP contribution in [-0.2, 0) is 14.3 Å². The Morgan fingerprint density at radius 2 is 1.04 bits per heavy atom. The summed E-state index contributed by atoms with van der Waals surface area (Å²) >= 11 is 0. The summed E-state index contributed by atoms with van der Waals surface area (Å²) in [4.78, 5) is 40.2. The van der Waals surface area contributed by atoms with Gasteiger partial charge >= 0.3 is 6.09 Å². The number of unbranched alkanes of at least 4 members (excludes halogenated alkanes) is 10. The average Bonchev–Trinajstić information content (AvgIpc) is 3.10. The van der Waals surface area contributed by atoms with Crippen LogP contribution in [0.2, 0.25) is 0 Å². The monoisotopic (exact) mass is 711 g/mol. The normalized spacial score (nSPS) is 13.6. The van der Waals surface area contributed by atoms with E-state index in [0.717, 1.165) is 109 Å². The molecule has 0 heterocycles. The summed E-state index contributed by atoms with van der Waals surface area (Å²) < 4.78 is 5.14. The molecule has 2 unspecified atom stereocenters. The first-order chi connectivity index (χ1) is 24.8. The van der Waals surface area contributed by atoms with Crippen molar-refractivity contribution in [3.05, 3.63) is 72.9 Å². The first-order valence-corrected chi connectivity index (χ1v) is 20.0. The van der Waals surface area contributed by atoms with Crippen LogP contribution in [0, 0.1) is 5.92 Å². The number of carbonyl (C=O) groups excluding carboxylic acids is 3. The van der Waals surface area contributed by atoms with Gasteiger partial charge in [0.25, 0.3) is 0 Å². The summed E-state index contributed by atoms with van der Waals surface area (Å²) in [5, 5.41) is 13.2. The molecular weight excluding hydrogens is 636 g/mol. The van der Waals surface area contributed by atoms with E-state index in [9.17, 15) is 19.5 Å². The maximum absolute atomic E-state index is 13.2. The van der Waals surface area contributed by atoms with Crippen molar-refractivity contribution in [1.82, 2.24) is 10.2 Å². The van der Waals surface area contributed by atoms with Gasteiger partial charge in [0.2, 0.25) is 0 Å². The molecule has 0 aliphatic carbocycles. The van der Waals surface area contributed by atoms with Crippen LogP contribution in [0.5, 0.6) is 0 Å². The van der Waals surface area contributed by atoms with E-state index in [1.807, 2.05) is 19.0 Å². The number of allylic oxidation sites excluding steroid dienone is 12. The Hall–Kier alpha value is -3.03. The van der Waals surface area contributed by atoms with Gasteiger partial charge in [-0.1, -0.05) is 125 Å². The van der Waals surface area contributed by atoms with Gasteiger partial charge in [0.05, 0.1) is 5.92 Å². The van der Waals surface area contributed by atoms with Crippen LogP contribution in [0.3, 0.4) is 0 Å². The fraction of sp³-hybridized carbons (Fsp3) is 0.659. The maximum atomic E-state index is 13.2. The van der Waals surface area contributed by atoms with Crippen molar-refractivity contribution in [2.45, 2.75) is 155 Å². The molecule has 1 amide bonds. The zero-order valence-corrected chi connectivity index (χ0v) is 32.9. The standard InChI is InChI=1S/C44H74N2O5/c1-5-7-9-11-13-15-17-19-21-23-25-27-29-31-33-35-40(47)39-41(43(49)45-44(50)51-38-37-46(3)4)42(48)36-34-32-30-28-26-24-22-20-18-16-14-12-10-8-6-2/h7-10,13-16,19-22,41,43,49H,5-6,11-12,17-18,23-39H2,1-4H3,(H,45,50)/b9-7-,10-8-,15-13-,16-14-,21-19-,22-20-. The largest absolute Gasteiger partial charge is 0.448 e. The summed E-state index contributed by atoms with van der Waals surface area (Å²) in [6.45, 7) is 4.99. The molecule has 0 aromatic carbocycles. The summed E-state index contributed by atoms with van der Waals surface area (Å²) in [7, 11) is 3.74. The number of hydrogen-bond acceptors (Lipinski definition) is 6. The highest BCUT2D eigenvalue weighted by molar-refractivity contribution is 5.88. The van der Waals surface area contributed by atoms with E-state index in [-0.39, 0.29) is 31.0 Å². The van der Waals surface area contributed by atoms with E-state index in [1.54, 1.807) is 0 Å². The van der Waals surface area contributed by atoms with E-state index < -0.39 is 18.2 Å². The number of amides is 1. The molecule has 0 radical (unpaired) electrons. The molecule has 7 heteroatoms. The number of rotatable bonds is 34. The van der Waals surface area contributed by atoms with Gasteiger partial charge in [-0.05, 0) is 91.1 Å². The highest BCUT2D eigenvalue weighted by Crippen LogP contribution is 2.18. The van der Waals surface area contributed by atoms with Crippen molar-refractivity contribution >= 4 is 17.7 Å². The Labute approximate surface area is 312 Å². The lowest BCUT2D eigenvalue weighted by Gasteiger charge is -2.22. The van der Waals surface area contributed by atoms with Crippen LogP contribution in [-0.4, -0.2) is 61.1 Å². The third-order valence-electron chi connectivity index (χ3n) is 8.46. The number of likely N-dealkylation sites (N-methyl/N-ethyl adjacent to an activating group) is 1. The Morgan fingerprint density at radius 1 is 0.608 bits per heavy atom. The number of carbonyl (C=O) groups is 3. The minimum absolute atomic E-state index is 0.0479. The van der Waals surface area contributed by atoms with Gasteiger partial charge in [-0.25, -0.2) is 4.79 Å². The predicted octanol–water partition coefficient (Wildman–Crippen LogP) is 10.9. The Kier molecular flexibility index (Phi) is 34.6. The van der Waals surface area contributed by atoms with Crippen molar-refractivity contribution in [1.29, 1.82) is 0 Å². The number of nitrogens with zero attached hydrogens (tertiary/aromatic N) is 1. The molecule has 2 atom stereocenters. The summed E-state index contributed by atoms with van der Waals surface area (Å²) in [6, 6.07) is 0. The summed E-state index contributed by atoms with van der Waals surface area (Å²) in [5.41, 5.74) is 0. The van der Waals surface area contributed by atoms with Gasteiger partial charge in [0.15, 0.2) is 0 Å². The van der Waals surface area contributed by atoms with Gasteiger partial charge in [-0.3, -0.25) is 14.9 Å². The lowest BCUT2D eigenvalue weighted by molar-refractivity contribution is -0.132. The zero-order chi connectivity index (χ0) is 37.6. The molecule has 0 aromatic rings. The van der Waals surface area contributed by atoms with Crippen molar-refractivity contribution in [2.75, 3.05) is 27.2 Å². The topological polar surface area (TPSA) is 95.9 Å². The summed E-state index contributed by atoms with van der Waals surface area (Å²) in [5.74, 6) is -1.19. The number of aliphatic hydroxyl groups excluding tert-OH is 1. The molecule has 0 fully saturated rings. The minimum Gasteiger partial charge on any atom is -0.448 e. The van der Waals surface area contributed by atoms with Crippen molar-refractivity contribution in [3.63, 3.8) is 0 Å². The van der Waals surface area contributed by atoms with Gasteiger partial charge < -0.3 is 14.7 Å². The fourth-order valence-corrected chi connectivity index (χ4v) is 5.38. The number of Topliss-reactive ketones (excluding diaryl/α,β-unsaturated/α-hetero) is 2. The molecule has 0 aliphatic heterocycles. The van der Waals surface area contributed by atoms with Gasteiger partial charge in [0.1, 0.15) is 24.4 Å². The number of ether oxygens (including phenoxy) is 1. The second-order valence-electron chi connectivity index (χ2n) is 13.5. The van der Waals surface area contributed by atoms with Crippen LogP contribution in [0.25, 0.3) is 0 Å². The molecule has 0 aliphatic rings. The average molecular weight is 711 g/mol. The molecule has 7 nitrogen and oxygen atoms in total.